The maximum Gasteiger partial charge on any atom is 0.274 e. The van der Waals surface area contributed by atoms with E-state index in [0.29, 0.717) is 39.6 Å². The van der Waals surface area contributed by atoms with Gasteiger partial charge in [0.2, 0.25) is 18.5 Å². The topological polar surface area (TPSA) is 91.4 Å². The lowest BCUT2D eigenvalue weighted by atomic mass is 10.2. The fourth-order valence-electron chi connectivity index (χ4n) is 3.11. The average molecular weight is 423 g/mol. The molecule has 0 saturated heterocycles. The van der Waals surface area contributed by atoms with Crippen molar-refractivity contribution in [1.82, 2.24) is 14.7 Å². The fourth-order valence-corrected chi connectivity index (χ4v) is 3.24. The Bertz CT molecular complexity index is 1220. The predicted molar refractivity (Wildman–Crippen MR) is 109 cm³/mol. The van der Waals surface area contributed by atoms with Crippen molar-refractivity contribution in [3.63, 3.8) is 0 Å². The molecule has 9 heteroatoms. The third-order valence-corrected chi connectivity index (χ3v) is 4.80. The molecule has 0 saturated carbocycles. The first-order chi connectivity index (χ1) is 14.7. The Morgan fingerprint density at radius 1 is 1.10 bits per heavy atom. The Morgan fingerprint density at radius 3 is 2.80 bits per heavy atom. The van der Waals surface area contributed by atoms with E-state index in [0.717, 1.165) is 5.56 Å². The van der Waals surface area contributed by atoms with Gasteiger partial charge in [0.05, 0.1) is 0 Å². The highest BCUT2D eigenvalue weighted by atomic mass is 35.5. The minimum absolute atomic E-state index is 0.0900. The zero-order chi connectivity index (χ0) is 20.5. The SMILES string of the molecule is O=C(Cn1cccc1-c1nc(-c2ccc3c(c2)OCO3)no1)Nc1ccc(Cl)cc1. The van der Waals surface area contributed by atoms with E-state index >= 15 is 0 Å². The largest absolute Gasteiger partial charge is 0.454 e. The van der Waals surface area contributed by atoms with Crippen LogP contribution in [0.2, 0.25) is 5.02 Å². The Morgan fingerprint density at radius 2 is 1.93 bits per heavy atom. The Labute approximate surface area is 176 Å². The van der Waals surface area contributed by atoms with Crippen LogP contribution in [0.5, 0.6) is 11.5 Å². The average Bonchev–Trinajstić information content (AvgIpc) is 3.49. The molecule has 30 heavy (non-hydrogen) atoms. The van der Waals surface area contributed by atoms with Crippen molar-refractivity contribution in [1.29, 1.82) is 0 Å². The van der Waals surface area contributed by atoms with Crippen LogP contribution in [0.1, 0.15) is 0 Å². The van der Waals surface area contributed by atoms with Gasteiger partial charge >= 0.3 is 0 Å². The smallest absolute Gasteiger partial charge is 0.274 e. The van der Waals surface area contributed by atoms with Gasteiger partial charge in [0.15, 0.2) is 11.5 Å². The number of nitrogens with one attached hydrogen (secondary N) is 1. The van der Waals surface area contributed by atoms with Crippen molar-refractivity contribution in [3.05, 3.63) is 65.8 Å². The van der Waals surface area contributed by atoms with E-state index in [4.69, 9.17) is 25.6 Å². The lowest BCUT2D eigenvalue weighted by Gasteiger charge is -2.08. The number of benzene rings is 2. The van der Waals surface area contributed by atoms with Crippen molar-refractivity contribution in [2.45, 2.75) is 6.54 Å². The predicted octanol–water partition coefficient (Wildman–Crippen LogP) is 4.23. The Kier molecular flexibility index (Phi) is 4.61. The minimum atomic E-state index is -0.190. The second-order valence-electron chi connectivity index (χ2n) is 6.57. The molecule has 2 aromatic carbocycles. The first-order valence-corrected chi connectivity index (χ1v) is 9.48. The molecular weight excluding hydrogens is 408 g/mol. The molecule has 0 atom stereocenters. The molecule has 0 bridgehead atoms. The van der Waals surface area contributed by atoms with Gasteiger partial charge in [-0.1, -0.05) is 16.8 Å². The summed E-state index contributed by atoms with van der Waals surface area (Å²) in [6.07, 6.45) is 1.78. The van der Waals surface area contributed by atoms with Crippen LogP contribution in [0.25, 0.3) is 23.0 Å². The first-order valence-electron chi connectivity index (χ1n) is 9.10. The summed E-state index contributed by atoms with van der Waals surface area (Å²) >= 11 is 5.87. The molecule has 5 rings (SSSR count). The lowest BCUT2D eigenvalue weighted by Crippen LogP contribution is -2.18. The monoisotopic (exact) mass is 422 g/mol. The zero-order valence-electron chi connectivity index (χ0n) is 15.5. The van der Waals surface area contributed by atoms with Gasteiger partial charge in [-0.2, -0.15) is 4.98 Å². The molecule has 0 unspecified atom stereocenters. The number of carbonyl (C=O) groups excluding carboxylic acids is 1. The highest BCUT2D eigenvalue weighted by Gasteiger charge is 2.19. The maximum absolute atomic E-state index is 12.4. The number of anilines is 1. The third kappa shape index (κ3) is 3.60. The molecule has 1 aliphatic rings. The van der Waals surface area contributed by atoms with Gasteiger partial charge < -0.3 is 23.9 Å². The van der Waals surface area contributed by atoms with Gasteiger partial charge in [0.25, 0.3) is 5.89 Å². The van der Waals surface area contributed by atoms with Gasteiger partial charge in [-0.05, 0) is 54.6 Å². The number of fused-ring (bicyclic) bond motifs is 1. The molecule has 2 aromatic heterocycles. The zero-order valence-corrected chi connectivity index (χ0v) is 16.3. The highest BCUT2D eigenvalue weighted by molar-refractivity contribution is 6.30. The van der Waals surface area contributed by atoms with E-state index in [2.05, 4.69) is 15.5 Å². The van der Waals surface area contributed by atoms with Crippen molar-refractivity contribution in [2.75, 3.05) is 12.1 Å². The second kappa shape index (κ2) is 7.57. The molecule has 4 aromatic rings. The van der Waals surface area contributed by atoms with Crippen molar-refractivity contribution in [3.8, 4) is 34.5 Å². The summed E-state index contributed by atoms with van der Waals surface area (Å²) in [5.41, 5.74) is 2.05. The summed E-state index contributed by atoms with van der Waals surface area (Å²) in [5.74, 6) is 1.86. The molecule has 0 radical (unpaired) electrons. The van der Waals surface area contributed by atoms with Crippen LogP contribution in [0.4, 0.5) is 5.69 Å². The number of halogens is 1. The number of carbonyl (C=O) groups is 1. The number of nitrogens with zero attached hydrogens (tertiary/aromatic N) is 3. The van der Waals surface area contributed by atoms with E-state index in [9.17, 15) is 4.79 Å². The quantitative estimate of drug-likeness (QED) is 0.517. The van der Waals surface area contributed by atoms with Crippen LogP contribution in [-0.2, 0) is 11.3 Å². The molecule has 0 spiro atoms. The Balaban J connectivity index is 1.33. The van der Waals surface area contributed by atoms with E-state index in [1.54, 1.807) is 47.2 Å². The van der Waals surface area contributed by atoms with Gasteiger partial charge in [0, 0.05) is 22.5 Å². The molecule has 0 aliphatic carbocycles. The lowest BCUT2D eigenvalue weighted by molar-refractivity contribution is -0.116. The summed E-state index contributed by atoms with van der Waals surface area (Å²) in [6.45, 7) is 0.286. The molecule has 1 N–H and O–H groups in total. The van der Waals surface area contributed by atoms with Crippen LogP contribution in [0.3, 0.4) is 0 Å². The third-order valence-electron chi connectivity index (χ3n) is 4.55. The van der Waals surface area contributed by atoms with Gasteiger partial charge in [-0.3, -0.25) is 4.79 Å². The minimum Gasteiger partial charge on any atom is -0.454 e. The number of ether oxygens (including phenoxy) is 2. The highest BCUT2D eigenvalue weighted by Crippen LogP contribution is 2.35. The van der Waals surface area contributed by atoms with E-state index in [-0.39, 0.29) is 19.2 Å². The standard InChI is InChI=1S/C21H15ClN4O4/c22-14-4-6-15(7-5-14)23-19(27)11-26-9-1-2-16(26)21-24-20(25-30-21)13-3-8-17-18(10-13)29-12-28-17/h1-10H,11-12H2,(H,23,27). The van der Waals surface area contributed by atoms with Crippen molar-refractivity contribution >= 4 is 23.2 Å². The van der Waals surface area contributed by atoms with Gasteiger partial charge in [-0.15, -0.1) is 0 Å². The van der Waals surface area contributed by atoms with Crippen LogP contribution in [-0.4, -0.2) is 27.4 Å². The normalized spacial score (nSPS) is 12.2. The molecule has 8 nitrogen and oxygen atoms in total. The number of rotatable bonds is 5. The van der Waals surface area contributed by atoms with E-state index in [1.165, 1.54) is 0 Å². The number of hydrogen-bond acceptors (Lipinski definition) is 6. The van der Waals surface area contributed by atoms with Crippen LogP contribution >= 0.6 is 11.6 Å². The molecule has 0 fully saturated rings. The van der Waals surface area contributed by atoms with Crippen molar-refractivity contribution in [2.24, 2.45) is 0 Å². The molecular formula is C21H15ClN4O4. The molecule has 150 valence electrons. The maximum atomic E-state index is 12.4. The van der Waals surface area contributed by atoms with Crippen LogP contribution in [0, 0.1) is 0 Å². The summed E-state index contributed by atoms with van der Waals surface area (Å²) < 4.78 is 17.9. The molecule has 1 aliphatic heterocycles. The fraction of sp³-hybridized carbons (Fsp3) is 0.0952. The Hall–Kier alpha value is -3.78. The summed E-state index contributed by atoms with van der Waals surface area (Å²) in [7, 11) is 0. The molecule has 3 heterocycles. The van der Waals surface area contributed by atoms with Gasteiger partial charge in [-0.25, -0.2) is 0 Å². The first kappa shape index (κ1) is 18.3. The van der Waals surface area contributed by atoms with E-state index in [1.807, 2.05) is 18.2 Å². The molecule has 1 amide bonds. The number of amides is 1. The second-order valence-corrected chi connectivity index (χ2v) is 7.00. The number of hydrogen-bond donors (Lipinski definition) is 1. The van der Waals surface area contributed by atoms with Gasteiger partial charge in [0.1, 0.15) is 12.2 Å². The number of aromatic nitrogens is 3. The van der Waals surface area contributed by atoms with Crippen molar-refractivity contribution < 1.29 is 18.8 Å². The van der Waals surface area contributed by atoms with E-state index < -0.39 is 0 Å². The summed E-state index contributed by atoms with van der Waals surface area (Å²) in [6, 6.07) is 16.0. The summed E-state index contributed by atoms with van der Waals surface area (Å²) in [5, 5.41) is 7.49. The van der Waals surface area contributed by atoms with Crippen LogP contribution in [0.15, 0.2) is 65.3 Å². The van der Waals surface area contributed by atoms with Crippen LogP contribution < -0.4 is 14.8 Å². The summed E-state index contributed by atoms with van der Waals surface area (Å²) in [4.78, 5) is 16.9.